The number of alkyl halides is 3. The van der Waals surface area contributed by atoms with E-state index >= 15 is 0 Å². The first-order valence-corrected chi connectivity index (χ1v) is 7.05. The summed E-state index contributed by atoms with van der Waals surface area (Å²) in [6.07, 6.45) is -3.25. The summed E-state index contributed by atoms with van der Waals surface area (Å²) in [7, 11) is 1.49. The Morgan fingerprint density at radius 2 is 2.04 bits per heavy atom. The van der Waals surface area contributed by atoms with Crippen LogP contribution in [0.4, 0.5) is 13.2 Å². The van der Waals surface area contributed by atoms with Crippen LogP contribution in [-0.2, 0) is 15.8 Å². The number of amides is 2. The molecule has 1 fully saturated rings. The molecule has 1 saturated heterocycles. The van der Waals surface area contributed by atoms with Crippen molar-refractivity contribution in [1.29, 1.82) is 0 Å². The van der Waals surface area contributed by atoms with Gasteiger partial charge in [0.2, 0.25) is 11.8 Å². The number of benzene rings is 1. The topological polar surface area (TPSA) is 40.6 Å². The lowest BCUT2D eigenvalue weighted by molar-refractivity contribution is -0.140. The zero-order valence-corrected chi connectivity index (χ0v) is 12.6. The highest BCUT2D eigenvalue weighted by atomic mass is 19.4. The van der Waals surface area contributed by atoms with Crippen molar-refractivity contribution < 1.29 is 22.8 Å². The smallest absolute Gasteiger partial charge is 0.340 e. The van der Waals surface area contributed by atoms with Gasteiger partial charge in [0.05, 0.1) is 12.1 Å². The summed E-state index contributed by atoms with van der Waals surface area (Å²) in [4.78, 5) is 26.1. The monoisotopic (exact) mass is 326 g/mol. The third-order valence-electron chi connectivity index (χ3n) is 3.84. The van der Waals surface area contributed by atoms with Gasteiger partial charge in [0, 0.05) is 26.1 Å². The molecular formula is C16H17F3N2O2. The Morgan fingerprint density at radius 1 is 1.39 bits per heavy atom. The molecule has 1 aromatic rings. The van der Waals surface area contributed by atoms with Gasteiger partial charge in [-0.05, 0) is 17.7 Å². The highest BCUT2D eigenvalue weighted by Gasteiger charge is 2.35. The minimum atomic E-state index is -4.37. The van der Waals surface area contributed by atoms with Crippen molar-refractivity contribution in [3.05, 3.63) is 48.0 Å². The van der Waals surface area contributed by atoms with Crippen LogP contribution in [-0.4, -0.2) is 48.3 Å². The fourth-order valence-corrected chi connectivity index (χ4v) is 2.40. The summed E-state index contributed by atoms with van der Waals surface area (Å²) in [5, 5.41) is 0. The van der Waals surface area contributed by atoms with Crippen molar-refractivity contribution in [3.8, 4) is 0 Å². The van der Waals surface area contributed by atoms with E-state index in [1.807, 2.05) is 0 Å². The maximum absolute atomic E-state index is 12.7. The van der Waals surface area contributed by atoms with Gasteiger partial charge in [-0.25, -0.2) is 0 Å². The Balaban J connectivity index is 1.93. The maximum atomic E-state index is 12.7. The SMILES string of the molecule is C=CC(=O)N(C)CC(=O)N1CC(c2cccc(C(F)(F)F)c2)C1. The first-order valence-electron chi connectivity index (χ1n) is 7.05. The van der Waals surface area contributed by atoms with Crippen LogP contribution in [0.15, 0.2) is 36.9 Å². The molecule has 1 aromatic carbocycles. The molecule has 124 valence electrons. The van der Waals surface area contributed by atoms with Crippen LogP contribution in [0.5, 0.6) is 0 Å². The van der Waals surface area contributed by atoms with Crippen molar-refractivity contribution in [1.82, 2.24) is 9.80 Å². The van der Waals surface area contributed by atoms with Crippen LogP contribution in [0.3, 0.4) is 0 Å². The lowest BCUT2D eigenvalue weighted by Crippen LogP contribution is -2.51. The Hall–Kier alpha value is -2.31. The van der Waals surface area contributed by atoms with Crippen LogP contribution in [0.25, 0.3) is 0 Å². The standard InChI is InChI=1S/C16H17F3N2O2/c1-3-14(22)20(2)10-15(23)21-8-12(9-21)11-5-4-6-13(7-11)16(17,18)19/h3-7,12H,1,8-10H2,2H3. The molecule has 2 rings (SSSR count). The molecule has 0 saturated carbocycles. The number of likely N-dealkylation sites (tertiary alicyclic amines) is 1. The third-order valence-corrected chi connectivity index (χ3v) is 3.84. The minimum absolute atomic E-state index is 0.0693. The zero-order valence-electron chi connectivity index (χ0n) is 12.6. The van der Waals surface area contributed by atoms with E-state index in [0.717, 1.165) is 18.2 Å². The van der Waals surface area contributed by atoms with Crippen LogP contribution < -0.4 is 0 Å². The molecule has 1 aliphatic rings. The van der Waals surface area contributed by atoms with E-state index in [4.69, 9.17) is 0 Å². The van der Waals surface area contributed by atoms with Gasteiger partial charge in [0.1, 0.15) is 0 Å². The highest BCUT2D eigenvalue weighted by molar-refractivity contribution is 5.90. The maximum Gasteiger partial charge on any atom is 0.416 e. The van der Waals surface area contributed by atoms with Crippen molar-refractivity contribution in [2.24, 2.45) is 0 Å². The van der Waals surface area contributed by atoms with Gasteiger partial charge in [-0.2, -0.15) is 13.2 Å². The Bertz CT molecular complexity index is 622. The molecule has 4 nitrogen and oxygen atoms in total. The molecule has 2 amide bonds. The lowest BCUT2D eigenvalue weighted by Gasteiger charge is -2.40. The van der Waals surface area contributed by atoms with Gasteiger partial charge in [0.25, 0.3) is 0 Å². The fourth-order valence-electron chi connectivity index (χ4n) is 2.40. The number of hydrogen-bond acceptors (Lipinski definition) is 2. The molecule has 0 N–H and O–H groups in total. The second kappa shape index (κ2) is 6.44. The van der Waals surface area contributed by atoms with E-state index < -0.39 is 11.7 Å². The van der Waals surface area contributed by atoms with E-state index in [-0.39, 0.29) is 24.3 Å². The van der Waals surface area contributed by atoms with Gasteiger partial charge < -0.3 is 9.80 Å². The number of likely N-dealkylation sites (N-methyl/N-ethyl adjacent to an activating group) is 1. The van der Waals surface area contributed by atoms with Crippen molar-refractivity contribution in [2.45, 2.75) is 12.1 Å². The van der Waals surface area contributed by atoms with Crippen molar-refractivity contribution in [2.75, 3.05) is 26.7 Å². The highest BCUT2D eigenvalue weighted by Crippen LogP contribution is 2.33. The molecule has 0 aliphatic carbocycles. The molecular weight excluding hydrogens is 309 g/mol. The summed E-state index contributed by atoms with van der Waals surface area (Å²) in [5.41, 5.74) is -0.115. The summed E-state index contributed by atoms with van der Waals surface area (Å²) in [5.74, 6) is -0.694. The van der Waals surface area contributed by atoms with Gasteiger partial charge >= 0.3 is 6.18 Å². The lowest BCUT2D eigenvalue weighted by atomic mass is 9.90. The van der Waals surface area contributed by atoms with Crippen molar-refractivity contribution >= 4 is 11.8 Å². The van der Waals surface area contributed by atoms with Crippen LogP contribution in [0.1, 0.15) is 17.0 Å². The molecule has 0 unspecified atom stereocenters. The molecule has 0 spiro atoms. The van der Waals surface area contributed by atoms with Gasteiger partial charge in [-0.1, -0.05) is 24.8 Å². The molecule has 1 heterocycles. The summed E-state index contributed by atoms with van der Waals surface area (Å²) >= 11 is 0. The van der Waals surface area contributed by atoms with Gasteiger partial charge in [0.15, 0.2) is 0 Å². The molecule has 23 heavy (non-hydrogen) atoms. The van der Waals surface area contributed by atoms with E-state index in [0.29, 0.717) is 18.7 Å². The second-order valence-corrected chi connectivity index (χ2v) is 5.52. The normalized spacial score (nSPS) is 15.0. The number of rotatable bonds is 4. The number of halogens is 3. The number of carbonyl (C=O) groups is 2. The molecule has 1 aliphatic heterocycles. The first kappa shape index (κ1) is 17.1. The van der Waals surface area contributed by atoms with Crippen LogP contribution in [0, 0.1) is 0 Å². The average Bonchev–Trinajstić information content (AvgIpc) is 2.44. The Kier molecular flexibility index (Phi) is 4.77. The molecule has 0 radical (unpaired) electrons. The van der Waals surface area contributed by atoms with E-state index in [1.165, 1.54) is 22.9 Å². The van der Waals surface area contributed by atoms with E-state index in [1.54, 1.807) is 6.07 Å². The number of nitrogens with zero attached hydrogens (tertiary/aromatic N) is 2. The van der Waals surface area contributed by atoms with Gasteiger partial charge in [-0.3, -0.25) is 9.59 Å². The number of carbonyl (C=O) groups excluding carboxylic acids is 2. The predicted molar refractivity (Wildman–Crippen MR) is 78.6 cm³/mol. The van der Waals surface area contributed by atoms with E-state index in [9.17, 15) is 22.8 Å². The zero-order chi connectivity index (χ0) is 17.2. The average molecular weight is 326 g/mol. The third kappa shape index (κ3) is 3.91. The molecule has 7 heteroatoms. The molecule has 0 bridgehead atoms. The largest absolute Gasteiger partial charge is 0.416 e. The summed E-state index contributed by atoms with van der Waals surface area (Å²) < 4.78 is 38.1. The van der Waals surface area contributed by atoms with Crippen LogP contribution >= 0.6 is 0 Å². The number of hydrogen-bond donors (Lipinski definition) is 0. The quantitative estimate of drug-likeness (QED) is 0.797. The summed E-state index contributed by atoms with van der Waals surface area (Å²) in [6.45, 7) is 3.99. The van der Waals surface area contributed by atoms with Crippen LogP contribution in [0.2, 0.25) is 0 Å². The Labute approximate surface area is 132 Å². The van der Waals surface area contributed by atoms with Gasteiger partial charge in [-0.15, -0.1) is 0 Å². The first-order chi connectivity index (χ1) is 10.7. The minimum Gasteiger partial charge on any atom is -0.340 e. The van der Waals surface area contributed by atoms with Crippen molar-refractivity contribution in [3.63, 3.8) is 0 Å². The fraction of sp³-hybridized carbons (Fsp3) is 0.375. The second-order valence-electron chi connectivity index (χ2n) is 5.52. The molecule has 0 aromatic heterocycles. The Morgan fingerprint density at radius 3 is 2.61 bits per heavy atom. The molecule has 0 atom stereocenters. The predicted octanol–water partition coefficient (Wildman–Crippen LogP) is 2.28. The van der Waals surface area contributed by atoms with E-state index in [2.05, 4.69) is 6.58 Å². The summed E-state index contributed by atoms with van der Waals surface area (Å²) in [6, 6.07) is 5.16.